The molecule has 1 aliphatic rings. The molecule has 2 atom stereocenters. The number of thioether (sulfide) groups is 2. The van der Waals surface area contributed by atoms with Crippen LogP contribution in [0.4, 0.5) is 0 Å². The third-order valence-electron chi connectivity index (χ3n) is 5.12. The van der Waals surface area contributed by atoms with E-state index in [-0.39, 0.29) is 21.9 Å². The van der Waals surface area contributed by atoms with Crippen molar-refractivity contribution in [2.75, 3.05) is 12.3 Å². The molecule has 2 aromatic rings. The average Bonchev–Trinajstić information content (AvgIpc) is 3.31. The molecule has 0 aliphatic carbocycles. The molecular weight excluding hydrogens is 470 g/mol. The first-order valence-electron chi connectivity index (χ1n) is 11.2. The van der Waals surface area contributed by atoms with E-state index in [9.17, 15) is 19.2 Å². The normalized spacial score (nSPS) is 16.7. The monoisotopic (exact) mass is 499 g/mol. The maximum absolute atomic E-state index is 13.6. The van der Waals surface area contributed by atoms with Gasteiger partial charge in [0, 0.05) is 23.4 Å². The fourth-order valence-corrected chi connectivity index (χ4v) is 5.56. The molecule has 34 heavy (non-hydrogen) atoms. The van der Waals surface area contributed by atoms with Crippen molar-refractivity contribution in [1.29, 1.82) is 0 Å². The smallest absolute Gasteiger partial charge is 0.329 e. The van der Waals surface area contributed by atoms with Crippen molar-refractivity contribution in [2.24, 2.45) is 0 Å². The molecule has 8 heteroatoms. The molecule has 1 heterocycles. The van der Waals surface area contributed by atoms with Gasteiger partial charge < -0.3 is 9.64 Å². The molecule has 180 valence electrons. The Hall–Kier alpha value is -2.58. The van der Waals surface area contributed by atoms with Gasteiger partial charge in [-0.05, 0) is 33.6 Å². The number of hydrogen-bond donors (Lipinski definition) is 0. The van der Waals surface area contributed by atoms with Crippen molar-refractivity contribution < 1.29 is 23.9 Å². The maximum atomic E-state index is 13.6. The van der Waals surface area contributed by atoms with Gasteiger partial charge in [0.05, 0.1) is 0 Å². The number of likely N-dealkylation sites (tertiary alicyclic amines) is 1. The summed E-state index contributed by atoms with van der Waals surface area (Å²) in [5.41, 5.74) is 0.352. The summed E-state index contributed by atoms with van der Waals surface area (Å²) in [4.78, 5) is 53.4. The third-order valence-corrected chi connectivity index (χ3v) is 7.44. The Kier molecular flexibility index (Phi) is 8.97. The third kappa shape index (κ3) is 7.21. The summed E-state index contributed by atoms with van der Waals surface area (Å²) in [6.45, 7) is 5.77. The Morgan fingerprint density at radius 2 is 1.50 bits per heavy atom. The molecule has 1 amide bonds. The zero-order valence-corrected chi connectivity index (χ0v) is 21.2. The number of hydrogen-bond acceptors (Lipinski definition) is 7. The lowest BCUT2D eigenvalue weighted by atomic mass is 10.1. The van der Waals surface area contributed by atoms with E-state index in [0.717, 1.165) is 23.5 Å². The highest BCUT2D eigenvalue weighted by atomic mass is 32.2. The van der Waals surface area contributed by atoms with Crippen molar-refractivity contribution in [3.05, 3.63) is 71.8 Å². The number of ether oxygens (including phenoxy) is 1. The first-order chi connectivity index (χ1) is 16.2. The quantitative estimate of drug-likeness (QED) is 0.505. The van der Waals surface area contributed by atoms with Crippen LogP contribution in [0.5, 0.6) is 0 Å². The summed E-state index contributed by atoms with van der Waals surface area (Å²) in [5.74, 6) is -0.645. The van der Waals surface area contributed by atoms with Crippen molar-refractivity contribution in [3.8, 4) is 0 Å². The van der Waals surface area contributed by atoms with Gasteiger partial charge in [0.1, 0.15) is 16.9 Å². The summed E-state index contributed by atoms with van der Waals surface area (Å²) in [5, 5.41) is -1.23. The fraction of sp³-hybridized carbons (Fsp3) is 0.385. The van der Waals surface area contributed by atoms with Crippen LogP contribution in [0.2, 0.25) is 0 Å². The van der Waals surface area contributed by atoms with Crippen LogP contribution in [0.25, 0.3) is 0 Å². The van der Waals surface area contributed by atoms with E-state index in [1.807, 2.05) is 12.1 Å². The van der Waals surface area contributed by atoms with Crippen LogP contribution < -0.4 is 0 Å². The van der Waals surface area contributed by atoms with Crippen LogP contribution >= 0.6 is 23.5 Å². The number of carbonyl (C=O) groups excluding carboxylic acids is 4. The van der Waals surface area contributed by atoms with Crippen molar-refractivity contribution in [1.82, 2.24) is 4.90 Å². The van der Waals surface area contributed by atoms with Crippen LogP contribution in [0.1, 0.15) is 54.3 Å². The molecule has 1 fully saturated rings. The number of carbonyl (C=O) groups is 4. The molecule has 3 rings (SSSR count). The van der Waals surface area contributed by atoms with Gasteiger partial charge in [0.2, 0.25) is 16.1 Å². The summed E-state index contributed by atoms with van der Waals surface area (Å²) < 4.78 is 5.52. The van der Waals surface area contributed by atoms with E-state index in [1.165, 1.54) is 4.90 Å². The van der Waals surface area contributed by atoms with Crippen molar-refractivity contribution in [2.45, 2.75) is 50.5 Å². The van der Waals surface area contributed by atoms with Crippen LogP contribution in [0.3, 0.4) is 0 Å². The van der Waals surface area contributed by atoms with Crippen LogP contribution in [0.15, 0.2) is 60.7 Å². The van der Waals surface area contributed by atoms with Gasteiger partial charge in [-0.15, -0.1) is 0 Å². The van der Waals surface area contributed by atoms with Gasteiger partial charge in [-0.25, -0.2) is 4.79 Å². The molecule has 0 N–H and O–H groups in total. The highest BCUT2D eigenvalue weighted by molar-refractivity contribution is 8.18. The van der Waals surface area contributed by atoms with Crippen molar-refractivity contribution in [3.63, 3.8) is 0 Å². The van der Waals surface area contributed by atoms with Crippen LogP contribution in [0, 0.1) is 0 Å². The zero-order valence-electron chi connectivity index (χ0n) is 19.6. The molecule has 1 saturated heterocycles. The molecule has 0 bridgehead atoms. The van der Waals surface area contributed by atoms with Gasteiger partial charge in [-0.2, -0.15) is 0 Å². The van der Waals surface area contributed by atoms with E-state index in [1.54, 1.807) is 69.3 Å². The lowest BCUT2D eigenvalue weighted by Gasteiger charge is -2.29. The lowest BCUT2D eigenvalue weighted by molar-refractivity contribution is -0.163. The Balaban J connectivity index is 1.77. The summed E-state index contributed by atoms with van der Waals surface area (Å²) in [6, 6.07) is 16.9. The standard InChI is InChI=1S/C26H29NO5S2/c1-26(2,3)32-23(29)20-15-10-16-27(20)22(28)21(34-25(31)19-13-8-5-9-14-19)17-33-24(30)18-11-6-4-7-12-18/h4-9,11-14,20-21H,10,15-17H2,1-3H3/t20-,21+/m0/s1. The number of benzene rings is 2. The largest absolute Gasteiger partial charge is 0.458 e. The molecule has 2 aromatic carbocycles. The van der Waals surface area contributed by atoms with Gasteiger partial charge in [0.15, 0.2) is 0 Å². The van der Waals surface area contributed by atoms with E-state index in [2.05, 4.69) is 0 Å². The molecule has 0 spiro atoms. The molecule has 0 aromatic heterocycles. The summed E-state index contributed by atoms with van der Waals surface area (Å²) in [7, 11) is 0. The van der Waals surface area contributed by atoms with E-state index in [0.29, 0.717) is 30.5 Å². The van der Waals surface area contributed by atoms with Gasteiger partial charge in [-0.1, -0.05) is 84.2 Å². The molecule has 0 unspecified atom stereocenters. The first-order valence-corrected chi connectivity index (χ1v) is 13.0. The number of rotatable bonds is 7. The van der Waals surface area contributed by atoms with Crippen LogP contribution in [-0.4, -0.2) is 56.2 Å². The second-order valence-corrected chi connectivity index (χ2v) is 11.1. The molecule has 0 radical (unpaired) electrons. The second-order valence-electron chi connectivity index (χ2n) is 8.95. The minimum atomic E-state index is -0.812. The number of amides is 1. The lowest BCUT2D eigenvalue weighted by Crippen LogP contribution is -2.47. The van der Waals surface area contributed by atoms with E-state index < -0.39 is 22.9 Å². The van der Waals surface area contributed by atoms with E-state index >= 15 is 0 Å². The Bertz CT molecular complexity index is 1020. The highest BCUT2D eigenvalue weighted by Crippen LogP contribution is 2.29. The number of nitrogens with zero attached hydrogens (tertiary/aromatic N) is 1. The second kappa shape index (κ2) is 11.7. The fourth-order valence-electron chi connectivity index (χ4n) is 3.57. The highest BCUT2D eigenvalue weighted by Gasteiger charge is 2.40. The van der Waals surface area contributed by atoms with Gasteiger partial charge in [0.25, 0.3) is 0 Å². The van der Waals surface area contributed by atoms with Gasteiger partial charge >= 0.3 is 5.97 Å². The van der Waals surface area contributed by atoms with E-state index in [4.69, 9.17) is 4.74 Å². The Morgan fingerprint density at radius 1 is 0.941 bits per heavy atom. The maximum Gasteiger partial charge on any atom is 0.329 e. The molecule has 6 nitrogen and oxygen atoms in total. The molecule has 0 saturated carbocycles. The minimum Gasteiger partial charge on any atom is -0.458 e. The predicted molar refractivity (Wildman–Crippen MR) is 136 cm³/mol. The minimum absolute atomic E-state index is 0.118. The zero-order chi connectivity index (χ0) is 24.7. The SMILES string of the molecule is CC(C)(C)OC(=O)[C@@H]1CCCN1C(=O)[C@@H](CSC(=O)c1ccccc1)SC(=O)c1ccccc1. The average molecular weight is 500 g/mol. The van der Waals surface area contributed by atoms with Crippen LogP contribution in [-0.2, 0) is 14.3 Å². The molecular formula is C26H29NO5S2. The first kappa shape index (κ1) is 26.0. The number of esters is 1. The summed E-state index contributed by atoms with van der Waals surface area (Å²) in [6.07, 6.45) is 1.19. The topological polar surface area (TPSA) is 80.8 Å². The predicted octanol–water partition coefficient (Wildman–Crippen LogP) is 4.83. The van der Waals surface area contributed by atoms with Crippen molar-refractivity contribution >= 4 is 45.6 Å². The Morgan fingerprint density at radius 3 is 2.06 bits per heavy atom. The molecule has 1 aliphatic heterocycles. The van der Waals surface area contributed by atoms with Gasteiger partial charge in [-0.3, -0.25) is 14.4 Å². The Labute approximate surface area is 208 Å². The summed E-state index contributed by atoms with van der Waals surface area (Å²) >= 11 is 1.91.